The molecule has 0 saturated heterocycles. The summed E-state index contributed by atoms with van der Waals surface area (Å²) in [6.45, 7) is 0. The topological polar surface area (TPSA) is 46.9 Å². The standard InChI is InChI=1S/C21H19F2N3O/c22-16-6-3-5-15(13-16)21(9-1-2-10-21)20(27)25-17-7-8-19(18(23)14-17)26-12-4-11-24-26/h3-8,11-14H,1-2,9-10H2,(H,25,27). The van der Waals surface area contributed by atoms with Crippen LogP contribution >= 0.6 is 0 Å². The lowest BCUT2D eigenvalue weighted by atomic mass is 9.78. The van der Waals surface area contributed by atoms with E-state index in [0.29, 0.717) is 29.8 Å². The molecular formula is C21H19F2N3O. The molecule has 2 aromatic carbocycles. The summed E-state index contributed by atoms with van der Waals surface area (Å²) in [4.78, 5) is 13.1. The first-order valence-electron chi connectivity index (χ1n) is 8.96. The Hall–Kier alpha value is -3.02. The van der Waals surface area contributed by atoms with Crippen molar-refractivity contribution in [3.8, 4) is 5.69 Å². The monoisotopic (exact) mass is 367 g/mol. The molecule has 0 spiro atoms. The van der Waals surface area contributed by atoms with Gasteiger partial charge in [-0.15, -0.1) is 0 Å². The predicted octanol–water partition coefficient (Wildman–Crippen LogP) is 4.60. The molecule has 0 atom stereocenters. The number of anilines is 1. The second kappa shape index (κ2) is 6.95. The lowest BCUT2D eigenvalue weighted by molar-refractivity contribution is -0.121. The summed E-state index contributed by atoms with van der Waals surface area (Å²) in [5.41, 5.74) is 0.570. The average Bonchev–Trinajstić information content (AvgIpc) is 3.35. The summed E-state index contributed by atoms with van der Waals surface area (Å²) in [6.07, 6.45) is 6.31. The van der Waals surface area contributed by atoms with E-state index < -0.39 is 11.2 Å². The van der Waals surface area contributed by atoms with Gasteiger partial charge in [0.25, 0.3) is 0 Å². The Morgan fingerprint density at radius 1 is 1.07 bits per heavy atom. The van der Waals surface area contributed by atoms with E-state index in [1.54, 1.807) is 42.7 Å². The van der Waals surface area contributed by atoms with Crippen LogP contribution in [0.5, 0.6) is 0 Å². The predicted molar refractivity (Wildman–Crippen MR) is 98.7 cm³/mol. The normalized spacial score (nSPS) is 15.6. The van der Waals surface area contributed by atoms with Crippen molar-refractivity contribution in [3.05, 3.63) is 78.1 Å². The van der Waals surface area contributed by atoms with Gasteiger partial charge < -0.3 is 5.32 Å². The minimum absolute atomic E-state index is 0.225. The van der Waals surface area contributed by atoms with E-state index in [2.05, 4.69) is 10.4 Å². The molecule has 27 heavy (non-hydrogen) atoms. The van der Waals surface area contributed by atoms with Crippen molar-refractivity contribution in [2.45, 2.75) is 31.1 Å². The lowest BCUT2D eigenvalue weighted by Crippen LogP contribution is -2.38. The minimum Gasteiger partial charge on any atom is -0.325 e. The van der Waals surface area contributed by atoms with Crippen molar-refractivity contribution in [2.75, 3.05) is 5.32 Å². The Kier molecular flexibility index (Phi) is 4.48. The van der Waals surface area contributed by atoms with Crippen LogP contribution in [0, 0.1) is 11.6 Å². The van der Waals surface area contributed by atoms with Crippen LogP contribution in [-0.2, 0) is 10.2 Å². The first-order chi connectivity index (χ1) is 13.1. The summed E-state index contributed by atoms with van der Waals surface area (Å²) >= 11 is 0. The summed E-state index contributed by atoms with van der Waals surface area (Å²) in [7, 11) is 0. The van der Waals surface area contributed by atoms with E-state index in [1.165, 1.54) is 22.9 Å². The highest BCUT2D eigenvalue weighted by molar-refractivity contribution is 5.99. The van der Waals surface area contributed by atoms with Gasteiger partial charge in [0.05, 0.1) is 5.41 Å². The molecule has 6 heteroatoms. The second-order valence-corrected chi connectivity index (χ2v) is 6.87. The molecule has 1 amide bonds. The smallest absolute Gasteiger partial charge is 0.235 e. The van der Waals surface area contributed by atoms with Crippen molar-refractivity contribution >= 4 is 11.6 Å². The van der Waals surface area contributed by atoms with Crippen LogP contribution in [0.1, 0.15) is 31.2 Å². The fraction of sp³-hybridized carbons (Fsp3) is 0.238. The van der Waals surface area contributed by atoms with Crippen molar-refractivity contribution < 1.29 is 13.6 Å². The van der Waals surface area contributed by atoms with Gasteiger partial charge in [0, 0.05) is 18.1 Å². The third kappa shape index (κ3) is 3.23. The number of amides is 1. The van der Waals surface area contributed by atoms with Crippen LogP contribution in [0.3, 0.4) is 0 Å². The number of carbonyl (C=O) groups excluding carboxylic acids is 1. The second-order valence-electron chi connectivity index (χ2n) is 6.87. The zero-order valence-corrected chi connectivity index (χ0v) is 14.7. The highest BCUT2D eigenvalue weighted by Crippen LogP contribution is 2.42. The molecule has 1 heterocycles. The molecule has 0 unspecified atom stereocenters. The van der Waals surface area contributed by atoms with Gasteiger partial charge in [-0.05, 0) is 54.8 Å². The number of hydrogen-bond donors (Lipinski definition) is 1. The molecule has 1 N–H and O–H groups in total. The number of carbonyl (C=O) groups is 1. The maximum atomic E-state index is 14.5. The van der Waals surface area contributed by atoms with Gasteiger partial charge in [-0.25, -0.2) is 13.5 Å². The van der Waals surface area contributed by atoms with Crippen LogP contribution < -0.4 is 5.32 Å². The molecule has 3 aromatic rings. The number of hydrogen-bond acceptors (Lipinski definition) is 2. The number of nitrogens with zero attached hydrogens (tertiary/aromatic N) is 2. The SMILES string of the molecule is O=C(Nc1ccc(-n2cccn2)c(F)c1)C1(c2cccc(F)c2)CCCC1. The Morgan fingerprint density at radius 2 is 1.89 bits per heavy atom. The van der Waals surface area contributed by atoms with Gasteiger partial charge in [0.15, 0.2) is 5.82 Å². The van der Waals surface area contributed by atoms with E-state index in [0.717, 1.165) is 12.8 Å². The molecule has 0 bridgehead atoms. The maximum absolute atomic E-state index is 14.5. The van der Waals surface area contributed by atoms with Gasteiger partial charge in [-0.2, -0.15) is 5.10 Å². The van der Waals surface area contributed by atoms with Crippen LogP contribution in [0.4, 0.5) is 14.5 Å². The van der Waals surface area contributed by atoms with E-state index in [-0.39, 0.29) is 11.7 Å². The van der Waals surface area contributed by atoms with Gasteiger partial charge in [0.2, 0.25) is 5.91 Å². The summed E-state index contributed by atoms with van der Waals surface area (Å²) in [6, 6.07) is 12.4. The zero-order valence-electron chi connectivity index (χ0n) is 14.7. The van der Waals surface area contributed by atoms with Crippen molar-refractivity contribution in [1.29, 1.82) is 0 Å². The quantitative estimate of drug-likeness (QED) is 0.732. The van der Waals surface area contributed by atoms with Crippen LogP contribution in [0.2, 0.25) is 0 Å². The summed E-state index contributed by atoms with van der Waals surface area (Å²) in [5, 5.41) is 6.84. The molecule has 1 aromatic heterocycles. The molecule has 0 aliphatic heterocycles. The Balaban J connectivity index is 1.61. The number of rotatable bonds is 4. The molecule has 0 radical (unpaired) electrons. The van der Waals surface area contributed by atoms with Crippen LogP contribution in [0.25, 0.3) is 5.69 Å². The Bertz CT molecular complexity index is 963. The first kappa shape index (κ1) is 17.4. The highest BCUT2D eigenvalue weighted by Gasteiger charge is 2.42. The van der Waals surface area contributed by atoms with Gasteiger partial charge >= 0.3 is 0 Å². The van der Waals surface area contributed by atoms with E-state index in [1.807, 2.05) is 0 Å². The average molecular weight is 367 g/mol. The molecular weight excluding hydrogens is 348 g/mol. The number of nitrogens with one attached hydrogen (secondary N) is 1. The lowest BCUT2D eigenvalue weighted by Gasteiger charge is -2.28. The van der Waals surface area contributed by atoms with E-state index in [9.17, 15) is 13.6 Å². The highest BCUT2D eigenvalue weighted by atomic mass is 19.1. The zero-order chi connectivity index (χ0) is 18.9. The summed E-state index contributed by atoms with van der Waals surface area (Å²) in [5.74, 6) is -1.07. The van der Waals surface area contributed by atoms with E-state index >= 15 is 0 Å². The molecule has 1 saturated carbocycles. The largest absolute Gasteiger partial charge is 0.325 e. The van der Waals surface area contributed by atoms with Crippen molar-refractivity contribution in [1.82, 2.24) is 9.78 Å². The Morgan fingerprint density at radius 3 is 2.56 bits per heavy atom. The number of halogens is 2. The minimum atomic E-state index is -0.779. The van der Waals surface area contributed by atoms with Gasteiger partial charge in [-0.3, -0.25) is 4.79 Å². The fourth-order valence-electron chi connectivity index (χ4n) is 3.84. The molecule has 138 valence electrons. The van der Waals surface area contributed by atoms with Crippen LogP contribution in [0.15, 0.2) is 60.9 Å². The Labute approximate surface area is 155 Å². The van der Waals surface area contributed by atoms with E-state index in [4.69, 9.17) is 0 Å². The van der Waals surface area contributed by atoms with Crippen molar-refractivity contribution in [2.24, 2.45) is 0 Å². The molecule has 1 aliphatic rings. The van der Waals surface area contributed by atoms with Gasteiger partial charge in [0.1, 0.15) is 11.5 Å². The third-order valence-corrected chi connectivity index (χ3v) is 5.23. The number of aromatic nitrogens is 2. The number of benzene rings is 2. The first-order valence-corrected chi connectivity index (χ1v) is 8.96. The molecule has 1 aliphatic carbocycles. The molecule has 4 nitrogen and oxygen atoms in total. The maximum Gasteiger partial charge on any atom is 0.235 e. The summed E-state index contributed by atoms with van der Waals surface area (Å²) < 4.78 is 29.6. The fourth-order valence-corrected chi connectivity index (χ4v) is 3.84. The van der Waals surface area contributed by atoms with Gasteiger partial charge in [-0.1, -0.05) is 25.0 Å². The molecule has 4 rings (SSSR count). The van der Waals surface area contributed by atoms with Crippen LogP contribution in [-0.4, -0.2) is 15.7 Å². The molecule has 1 fully saturated rings. The third-order valence-electron chi connectivity index (χ3n) is 5.23. The van der Waals surface area contributed by atoms with Crippen molar-refractivity contribution in [3.63, 3.8) is 0 Å².